The van der Waals surface area contributed by atoms with E-state index in [0.717, 1.165) is 0 Å². The van der Waals surface area contributed by atoms with E-state index >= 15 is 0 Å². The lowest BCUT2D eigenvalue weighted by Gasteiger charge is -2.12. The molecule has 0 unspecified atom stereocenters. The molecule has 0 atom stereocenters. The molecular weight excluding hydrogens is 312 g/mol. The van der Waals surface area contributed by atoms with Crippen LogP contribution in [-0.2, 0) is 4.79 Å². The molecule has 0 bridgehead atoms. The van der Waals surface area contributed by atoms with Crippen molar-refractivity contribution in [2.75, 3.05) is 19.0 Å². The minimum Gasteiger partial charge on any atom is -0.548 e. The maximum Gasteiger partial charge on any atom is 0.255 e. The van der Waals surface area contributed by atoms with Gasteiger partial charge in [0.1, 0.15) is 5.75 Å². The predicted octanol–water partition coefficient (Wildman–Crippen LogP) is 0.427. The molecule has 7 heteroatoms. The highest BCUT2D eigenvalue weighted by Gasteiger charge is 2.13. The number of para-hydroxylation sites is 1. The Labute approximate surface area is 138 Å². The molecule has 0 radical (unpaired) electrons. The van der Waals surface area contributed by atoms with Gasteiger partial charge in [-0.2, -0.15) is 0 Å². The van der Waals surface area contributed by atoms with E-state index < -0.39 is 24.3 Å². The molecule has 2 rings (SSSR count). The summed E-state index contributed by atoms with van der Waals surface area (Å²) in [6, 6.07) is 12.8. The number of anilines is 1. The Kier molecular flexibility index (Phi) is 5.51. The second-order valence-electron chi connectivity index (χ2n) is 4.78. The van der Waals surface area contributed by atoms with Gasteiger partial charge in [-0.05, 0) is 36.4 Å². The third-order valence-corrected chi connectivity index (χ3v) is 3.17. The van der Waals surface area contributed by atoms with Gasteiger partial charge in [-0.25, -0.2) is 0 Å². The largest absolute Gasteiger partial charge is 0.548 e. The van der Waals surface area contributed by atoms with Crippen molar-refractivity contribution in [1.29, 1.82) is 0 Å². The molecule has 0 aromatic heterocycles. The minimum absolute atomic E-state index is 0.153. The van der Waals surface area contributed by atoms with E-state index in [1.165, 1.54) is 13.2 Å². The topological polar surface area (TPSA) is 108 Å². The number of methoxy groups -OCH3 is 1. The van der Waals surface area contributed by atoms with Gasteiger partial charge in [0.15, 0.2) is 0 Å². The summed E-state index contributed by atoms with van der Waals surface area (Å²) in [5.41, 5.74) is 0.815. The number of benzene rings is 2. The van der Waals surface area contributed by atoms with E-state index in [1.54, 1.807) is 42.5 Å². The quantitative estimate of drug-likeness (QED) is 0.800. The smallest absolute Gasteiger partial charge is 0.255 e. The van der Waals surface area contributed by atoms with Crippen LogP contribution >= 0.6 is 0 Å². The second-order valence-corrected chi connectivity index (χ2v) is 4.78. The van der Waals surface area contributed by atoms with E-state index in [2.05, 4.69) is 10.6 Å². The predicted molar refractivity (Wildman–Crippen MR) is 84.7 cm³/mol. The molecule has 7 nitrogen and oxygen atoms in total. The monoisotopic (exact) mass is 327 g/mol. The molecular formula is C17H15N2O5-. The van der Waals surface area contributed by atoms with E-state index in [4.69, 9.17) is 4.74 Å². The molecule has 2 amide bonds. The number of aliphatic carboxylic acids is 1. The van der Waals surface area contributed by atoms with Gasteiger partial charge < -0.3 is 25.3 Å². The molecule has 0 fully saturated rings. The molecule has 0 spiro atoms. The van der Waals surface area contributed by atoms with E-state index in [0.29, 0.717) is 11.3 Å². The van der Waals surface area contributed by atoms with Gasteiger partial charge >= 0.3 is 0 Å². The van der Waals surface area contributed by atoms with Crippen LogP contribution in [0.1, 0.15) is 20.7 Å². The normalized spacial score (nSPS) is 9.88. The molecule has 2 aromatic rings. The summed E-state index contributed by atoms with van der Waals surface area (Å²) in [7, 11) is 1.52. The number of nitrogens with one attached hydrogen (secondary N) is 2. The van der Waals surface area contributed by atoms with Crippen LogP contribution in [0.5, 0.6) is 5.75 Å². The second kappa shape index (κ2) is 7.77. The minimum atomic E-state index is -1.40. The maximum atomic E-state index is 12.3. The van der Waals surface area contributed by atoms with Crippen molar-refractivity contribution in [3.63, 3.8) is 0 Å². The summed E-state index contributed by atoms with van der Waals surface area (Å²) >= 11 is 0. The molecule has 2 aromatic carbocycles. The highest BCUT2D eigenvalue weighted by Crippen LogP contribution is 2.17. The van der Waals surface area contributed by atoms with Crippen LogP contribution in [0.4, 0.5) is 5.69 Å². The molecule has 124 valence electrons. The average molecular weight is 327 g/mol. The fourth-order valence-corrected chi connectivity index (χ4v) is 1.97. The summed E-state index contributed by atoms with van der Waals surface area (Å²) in [5.74, 6) is -1.81. The Bertz CT molecular complexity index is 756. The van der Waals surface area contributed by atoms with Crippen LogP contribution in [0, 0.1) is 0 Å². The standard InChI is InChI=1S/C17H16N2O5/c1-24-12-8-6-11(7-9-12)16(22)19-14-5-3-2-4-13(14)17(23)18-10-15(20)21/h2-9H,10H2,1H3,(H,18,23)(H,19,22)(H,20,21)/p-1. The molecule has 24 heavy (non-hydrogen) atoms. The number of carboxylic acids is 1. The highest BCUT2D eigenvalue weighted by molar-refractivity contribution is 6.09. The lowest BCUT2D eigenvalue weighted by atomic mass is 10.1. The van der Waals surface area contributed by atoms with Crippen molar-refractivity contribution < 1.29 is 24.2 Å². The number of ether oxygens (including phenoxy) is 1. The van der Waals surface area contributed by atoms with Crippen molar-refractivity contribution in [3.8, 4) is 5.75 Å². The summed E-state index contributed by atoms with van der Waals surface area (Å²) in [6.07, 6.45) is 0. The van der Waals surface area contributed by atoms with Crippen LogP contribution in [0.3, 0.4) is 0 Å². The van der Waals surface area contributed by atoms with Gasteiger partial charge in [0.05, 0.1) is 30.9 Å². The Morgan fingerprint density at radius 2 is 1.67 bits per heavy atom. The number of rotatable bonds is 6. The van der Waals surface area contributed by atoms with Gasteiger partial charge in [0.2, 0.25) is 0 Å². The van der Waals surface area contributed by atoms with E-state index in [-0.39, 0.29) is 11.3 Å². The first-order valence-electron chi connectivity index (χ1n) is 7.03. The molecule has 0 aliphatic heterocycles. The molecule has 2 N–H and O–H groups in total. The summed E-state index contributed by atoms with van der Waals surface area (Å²) in [5, 5.41) is 15.3. The zero-order chi connectivity index (χ0) is 17.5. The number of carbonyl (C=O) groups is 3. The van der Waals surface area contributed by atoms with Gasteiger partial charge in [-0.15, -0.1) is 0 Å². The lowest BCUT2D eigenvalue weighted by Crippen LogP contribution is -2.38. The summed E-state index contributed by atoms with van der Waals surface area (Å²) in [6.45, 7) is -0.612. The summed E-state index contributed by atoms with van der Waals surface area (Å²) in [4.78, 5) is 34.7. The van der Waals surface area contributed by atoms with Crippen molar-refractivity contribution in [2.45, 2.75) is 0 Å². The number of carboxylic acid groups (broad SMARTS) is 1. The molecule has 0 saturated heterocycles. The Balaban J connectivity index is 2.15. The Morgan fingerprint density at radius 1 is 1.00 bits per heavy atom. The van der Waals surface area contributed by atoms with Crippen molar-refractivity contribution in [2.24, 2.45) is 0 Å². The fraction of sp³-hybridized carbons (Fsp3) is 0.118. The highest BCUT2D eigenvalue weighted by atomic mass is 16.5. The van der Waals surface area contributed by atoms with Gasteiger partial charge in [0.25, 0.3) is 11.8 Å². The lowest BCUT2D eigenvalue weighted by molar-refractivity contribution is -0.303. The van der Waals surface area contributed by atoms with Crippen molar-refractivity contribution in [1.82, 2.24) is 5.32 Å². The van der Waals surface area contributed by atoms with Crippen molar-refractivity contribution >= 4 is 23.5 Å². The maximum absolute atomic E-state index is 12.3. The number of hydrogen-bond acceptors (Lipinski definition) is 5. The molecule has 0 saturated carbocycles. The molecule has 0 aliphatic rings. The first kappa shape index (κ1) is 17.0. The van der Waals surface area contributed by atoms with Gasteiger partial charge in [-0.3, -0.25) is 9.59 Å². The Morgan fingerprint density at radius 3 is 2.29 bits per heavy atom. The number of amides is 2. The molecule has 0 aliphatic carbocycles. The number of hydrogen-bond donors (Lipinski definition) is 2. The number of carbonyl (C=O) groups excluding carboxylic acids is 3. The molecule has 0 heterocycles. The third-order valence-electron chi connectivity index (χ3n) is 3.17. The first-order valence-corrected chi connectivity index (χ1v) is 7.03. The van der Waals surface area contributed by atoms with Crippen LogP contribution in [0.2, 0.25) is 0 Å². The van der Waals surface area contributed by atoms with Crippen LogP contribution in [0.25, 0.3) is 0 Å². The van der Waals surface area contributed by atoms with Crippen LogP contribution in [0.15, 0.2) is 48.5 Å². The fourth-order valence-electron chi connectivity index (χ4n) is 1.97. The SMILES string of the molecule is COc1ccc(C(=O)Nc2ccccc2C(=O)NCC(=O)[O-])cc1. The summed E-state index contributed by atoms with van der Waals surface area (Å²) < 4.78 is 5.03. The first-order chi connectivity index (χ1) is 11.5. The van der Waals surface area contributed by atoms with E-state index in [9.17, 15) is 19.5 Å². The van der Waals surface area contributed by atoms with Crippen LogP contribution < -0.4 is 20.5 Å². The Hall–Kier alpha value is -3.35. The van der Waals surface area contributed by atoms with Gasteiger partial charge in [-0.1, -0.05) is 12.1 Å². The average Bonchev–Trinajstić information content (AvgIpc) is 2.60. The van der Waals surface area contributed by atoms with Gasteiger partial charge in [0, 0.05) is 5.56 Å². The van der Waals surface area contributed by atoms with E-state index in [1.807, 2.05) is 0 Å². The van der Waals surface area contributed by atoms with Crippen LogP contribution in [-0.4, -0.2) is 31.4 Å². The third kappa shape index (κ3) is 4.33. The zero-order valence-corrected chi connectivity index (χ0v) is 12.9. The van der Waals surface area contributed by atoms with Crippen molar-refractivity contribution in [3.05, 3.63) is 59.7 Å². The zero-order valence-electron chi connectivity index (χ0n) is 12.9.